The van der Waals surface area contributed by atoms with Crippen LogP contribution in [0.2, 0.25) is 10.0 Å². The molecule has 0 aliphatic rings. The molecule has 2 rings (SSSR count). The van der Waals surface area contributed by atoms with Gasteiger partial charge in [-0.2, -0.15) is 0 Å². The van der Waals surface area contributed by atoms with Gasteiger partial charge in [0.15, 0.2) is 0 Å². The van der Waals surface area contributed by atoms with Crippen molar-refractivity contribution >= 4 is 23.2 Å². The third-order valence-electron chi connectivity index (χ3n) is 3.66. The van der Waals surface area contributed by atoms with Crippen molar-refractivity contribution in [1.29, 1.82) is 0 Å². The highest BCUT2D eigenvalue weighted by atomic mass is 35.5. The molecule has 0 aromatic heterocycles. The number of rotatable bonds is 6. The summed E-state index contributed by atoms with van der Waals surface area (Å²) in [5.74, 6) is 0. The zero-order chi connectivity index (χ0) is 15.2. The molecule has 2 aromatic rings. The van der Waals surface area contributed by atoms with Gasteiger partial charge in [-0.15, -0.1) is 0 Å². The van der Waals surface area contributed by atoms with Gasteiger partial charge in [-0.25, -0.2) is 0 Å². The lowest BCUT2D eigenvalue weighted by molar-refractivity contribution is 0.527. The average molecular weight is 322 g/mol. The Labute approximate surface area is 137 Å². The van der Waals surface area contributed by atoms with Crippen LogP contribution >= 0.6 is 23.2 Å². The Hall–Kier alpha value is -1.02. The standard InChI is InChI=1S/C18H21Cl2N/c1-3-11-21-17(15-9-5-4-7-13(15)2)12-14-8-6-10-16(19)18(14)20/h4-10,17,21H,3,11-12H2,1-2H3. The molecule has 0 saturated heterocycles. The maximum absolute atomic E-state index is 6.34. The molecule has 1 unspecified atom stereocenters. The van der Waals surface area contributed by atoms with Crippen molar-refractivity contribution in [3.63, 3.8) is 0 Å². The lowest BCUT2D eigenvalue weighted by Crippen LogP contribution is -2.25. The number of hydrogen-bond donors (Lipinski definition) is 1. The van der Waals surface area contributed by atoms with Gasteiger partial charge in [0.25, 0.3) is 0 Å². The Morgan fingerprint density at radius 1 is 1.05 bits per heavy atom. The second-order valence-corrected chi connectivity index (χ2v) is 6.07. The van der Waals surface area contributed by atoms with Gasteiger partial charge in [-0.05, 0) is 49.1 Å². The molecule has 0 spiro atoms. The highest BCUT2D eigenvalue weighted by molar-refractivity contribution is 6.42. The van der Waals surface area contributed by atoms with Crippen molar-refractivity contribution in [2.45, 2.75) is 32.7 Å². The van der Waals surface area contributed by atoms with Crippen LogP contribution in [0.25, 0.3) is 0 Å². The minimum atomic E-state index is 0.252. The lowest BCUT2D eigenvalue weighted by Gasteiger charge is -2.22. The van der Waals surface area contributed by atoms with Crippen molar-refractivity contribution in [3.05, 3.63) is 69.2 Å². The predicted octanol–water partition coefficient (Wildman–Crippen LogP) is 5.59. The lowest BCUT2D eigenvalue weighted by atomic mass is 9.95. The third kappa shape index (κ3) is 4.23. The Bertz CT molecular complexity index is 596. The number of nitrogens with one attached hydrogen (secondary N) is 1. The number of halogens is 2. The van der Waals surface area contributed by atoms with Crippen LogP contribution in [0.4, 0.5) is 0 Å². The van der Waals surface area contributed by atoms with Crippen molar-refractivity contribution < 1.29 is 0 Å². The van der Waals surface area contributed by atoms with Crippen LogP contribution in [-0.4, -0.2) is 6.54 Å². The second-order valence-electron chi connectivity index (χ2n) is 5.28. The molecular formula is C18H21Cl2N. The molecule has 0 aliphatic carbocycles. The largest absolute Gasteiger partial charge is 0.310 e. The molecule has 0 saturated carbocycles. The molecule has 1 atom stereocenters. The summed E-state index contributed by atoms with van der Waals surface area (Å²) in [4.78, 5) is 0. The minimum Gasteiger partial charge on any atom is -0.310 e. The van der Waals surface area contributed by atoms with Crippen molar-refractivity contribution in [3.8, 4) is 0 Å². The highest BCUT2D eigenvalue weighted by Crippen LogP contribution is 2.30. The SMILES string of the molecule is CCCNC(Cc1cccc(Cl)c1Cl)c1ccccc1C. The molecule has 3 heteroatoms. The van der Waals surface area contributed by atoms with Crippen LogP contribution in [0.1, 0.15) is 36.1 Å². The zero-order valence-electron chi connectivity index (χ0n) is 12.5. The van der Waals surface area contributed by atoms with Gasteiger partial charge in [-0.1, -0.05) is 66.5 Å². The van der Waals surface area contributed by atoms with Crippen molar-refractivity contribution in [2.75, 3.05) is 6.54 Å². The van der Waals surface area contributed by atoms with Crippen LogP contribution in [0.15, 0.2) is 42.5 Å². The van der Waals surface area contributed by atoms with Crippen molar-refractivity contribution in [1.82, 2.24) is 5.32 Å². The van der Waals surface area contributed by atoms with E-state index in [-0.39, 0.29) is 6.04 Å². The molecule has 0 aliphatic heterocycles. The van der Waals surface area contributed by atoms with Crippen LogP contribution in [-0.2, 0) is 6.42 Å². The summed E-state index contributed by atoms with van der Waals surface area (Å²) in [6.45, 7) is 5.31. The van der Waals surface area contributed by atoms with Crippen LogP contribution in [0.5, 0.6) is 0 Å². The van der Waals surface area contributed by atoms with E-state index in [1.165, 1.54) is 11.1 Å². The molecule has 1 N–H and O–H groups in total. The Morgan fingerprint density at radius 2 is 1.81 bits per heavy atom. The van der Waals surface area contributed by atoms with E-state index >= 15 is 0 Å². The molecule has 2 aromatic carbocycles. The second kappa shape index (κ2) is 7.84. The number of hydrogen-bond acceptors (Lipinski definition) is 1. The summed E-state index contributed by atoms with van der Waals surface area (Å²) in [7, 11) is 0. The third-order valence-corrected chi connectivity index (χ3v) is 4.52. The molecule has 21 heavy (non-hydrogen) atoms. The topological polar surface area (TPSA) is 12.0 Å². The van der Waals surface area contributed by atoms with E-state index in [9.17, 15) is 0 Å². The van der Waals surface area contributed by atoms with E-state index in [4.69, 9.17) is 23.2 Å². The van der Waals surface area contributed by atoms with Crippen LogP contribution in [0, 0.1) is 6.92 Å². The van der Waals surface area contributed by atoms with Crippen molar-refractivity contribution in [2.24, 2.45) is 0 Å². The fraction of sp³-hybridized carbons (Fsp3) is 0.333. The molecular weight excluding hydrogens is 301 g/mol. The Morgan fingerprint density at radius 3 is 2.52 bits per heavy atom. The monoisotopic (exact) mass is 321 g/mol. The molecule has 0 fully saturated rings. The fourth-order valence-electron chi connectivity index (χ4n) is 2.51. The minimum absolute atomic E-state index is 0.252. The highest BCUT2D eigenvalue weighted by Gasteiger charge is 2.16. The van der Waals surface area contributed by atoms with Gasteiger partial charge in [0, 0.05) is 6.04 Å². The summed E-state index contributed by atoms with van der Waals surface area (Å²) >= 11 is 12.5. The summed E-state index contributed by atoms with van der Waals surface area (Å²) in [6, 6.07) is 14.6. The summed E-state index contributed by atoms with van der Waals surface area (Å²) < 4.78 is 0. The molecule has 0 bridgehead atoms. The zero-order valence-corrected chi connectivity index (χ0v) is 14.0. The van der Waals surface area contributed by atoms with Gasteiger partial charge >= 0.3 is 0 Å². The Kier molecular flexibility index (Phi) is 6.10. The Balaban J connectivity index is 2.28. The maximum Gasteiger partial charge on any atom is 0.0624 e. The van der Waals surface area contributed by atoms with E-state index in [2.05, 4.69) is 43.4 Å². The summed E-state index contributed by atoms with van der Waals surface area (Å²) in [5.41, 5.74) is 3.70. The normalized spacial score (nSPS) is 12.4. The molecule has 0 radical (unpaired) electrons. The molecule has 1 nitrogen and oxygen atoms in total. The van der Waals surface area contributed by atoms with E-state index < -0.39 is 0 Å². The van der Waals surface area contributed by atoms with Crippen LogP contribution in [0.3, 0.4) is 0 Å². The first-order chi connectivity index (χ1) is 10.1. The van der Waals surface area contributed by atoms with Gasteiger partial charge < -0.3 is 5.32 Å². The molecule has 0 heterocycles. The smallest absolute Gasteiger partial charge is 0.0624 e. The van der Waals surface area contributed by atoms with Gasteiger partial charge in [0.2, 0.25) is 0 Å². The number of benzene rings is 2. The quantitative estimate of drug-likeness (QED) is 0.731. The van der Waals surface area contributed by atoms with E-state index in [1.807, 2.05) is 18.2 Å². The summed E-state index contributed by atoms with van der Waals surface area (Å²) in [5, 5.41) is 4.90. The van der Waals surface area contributed by atoms with E-state index in [0.717, 1.165) is 24.9 Å². The van der Waals surface area contributed by atoms with Gasteiger partial charge in [0.1, 0.15) is 0 Å². The first-order valence-electron chi connectivity index (χ1n) is 7.35. The first-order valence-corrected chi connectivity index (χ1v) is 8.11. The number of aryl methyl sites for hydroxylation is 1. The first kappa shape index (κ1) is 16.4. The van der Waals surface area contributed by atoms with E-state index in [0.29, 0.717) is 10.0 Å². The fourth-order valence-corrected chi connectivity index (χ4v) is 2.91. The molecule has 0 amide bonds. The predicted molar refractivity (Wildman–Crippen MR) is 92.4 cm³/mol. The van der Waals surface area contributed by atoms with Gasteiger partial charge in [0.05, 0.1) is 10.0 Å². The average Bonchev–Trinajstić information content (AvgIpc) is 2.48. The van der Waals surface area contributed by atoms with E-state index in [1.54, 1.807) is 0 Å². The van der Waals surface area contributed by atoms with Crippen LogP contribution < -0.4 is 5.32 Å². The molecule has 112 valence electrons. The summed E-state index contributed by atoms with van der Waals surface area (Å²) in [6.07, 6.45) is 1.94. The van der Waals surface area contributed by atoms with Gasteiger partial charge in [-0.3, -0.25) is 0 Å². The maximum atomic E-state index is 6.34.